The molecule has 2 N–H and O–H groups in total. The summed E-state index contributed by atoms with van der Waals surface area (Å²) in [6.45, 7) is 2.09. The molecule has 0 spiro atoms. The number of fused-ring (bicyclic) bond motifs is 4. The highest BCUT2D eigenvalue weighted by Crippen LogP contribution is 2.47. The Labute approximate surface area is 210 Å². The van der Waals surface area contributed by atoms with Crippen molar-refractivity contribution in [1.29, 1.82) is 0 Å². The van der Waals surface area contributed by atoms with Crippen molar-refractivity contribution in [2.24, 2.45) is 17.8 Å². The molecule has 186 valence electrons. The lowest BCUT2D eigenvalue weighted by atomic mass is 9.61. The first-order valence-electron chi connectivity index (χ1n) is 11.9. The Morgan fingerprint density at radius 3 is 2.81 bits per heavy atom. The van der Waals surface area contributed by atoms with Crippen LogP contribution in [-0.2, 0) is 9.53 Å². The third-order valence-corrected chi connectivity index (χ3v) is 7.38. The Hall–Kier alpha value is -3.60. The lowest BCUT2D eigenvalue weighted by Gasteiger charge is -2.47. The van der Waals surface area contributed by atoms with E-state index in [1.807, 2.05) is 0 Å². The Kier molecular flexibility index (Phi) is 5.79. The molecule has 10 nitrogen and oxygen atoms in total. The summed E-state index contributed by atoms with van der Waals surface area (Å²) in [4.78, 5) is 33.5. The topological polar surface area (TPSA) is 132 Å². The van der Waals surface area contributed by atoms with Crippen LogP contribution in [0.5, 0.6) is 0 Å². The quantitative estimate of drug-likeness (QED) is 0.355. The van der Waals surface area contributed by atoms with Gasteiger partial charge in [-0.3, -0.25) is 4.79 Å². The second-order valence-corrected chi connectivity index (χ2v) is 9.54. The standard InChI is InChI=1S/C24H23ClFN7O3/c1-2-35-24(34)16-11-3-5-12(6-4-11)18(16)31-22-17(26)20(14-7-8-29-36-14)32-21(33-22)13-9-27-23-19(13)30-15(25)10-28-23/h7-12,16,18H,2-6H2,1H3,(H,27,28)(H,31,32,33)/t11?,12?,16-,18-/m1/s1. The van der Waals surface area contributed by atoms with E-state index in [0.717, 1.165) is 25.7 Å². The van der Waals surface area contributed by atoms with Crippen molar-refractivity contribution < 1.29 is 18.4 Å². The number of halogens is 2. The molecular weight excluding hydrogens is 489 g/mol. The zero-order valence-corrected chi connectivity index (χ0v) is 20.1. The Balaban J connectivity index is 1.46. The summed E-state index contributed by atoms with van der Waals surface area (Å²) in [7, 11) is 0. The molecule has 7 rings (SSSR count). The van der Waals surface area contributed by atoms with Gasteiger partial charge < -0.3 is 19.6 Å². The Bertz CT molecular complexity index is 1420. The summed E-state index contributed by atoms with van der Waals surface area (Å²) in [6, 6.07) is 1.21. The van der Waals surface area contributed by atoms with Crippen LogP contribution in [0.15, 0.2) is 29.2 Å². The van der Waals surface area contributed by atoms with Gasteiger partial charge in [-0.15, -0.1) is 0 Å². The molecule has 4 aromatic rings. The van der Waals surface area contributed by atoms with Gasteiger partial charge >= 0.3 is 5.97 Å². The number of carbonyl (C=O) groups is 1. The largest absolute Gasteiger partial charge is 0.466 e. The van der Waals surface area contributed by atoms with E-state index >= 15 is 4.39 Å². The van der Waals surface area contributed by atoms with Gasteiger partial charge in [0.25, 0.3) is 0 Å². The Morgan fingerprint density at radius 2 is 2.06 bits per heavy atom. The highest BCUT2D eigenvalue weighted by Gasteiger charge is 2.48. The molecule has 2 atom stereocenters. The van der Waals surface area contributed by atoms with Crippen LogP contribution in [0.25, 0.3) is 34.0 Å². The number of hydrogen-bond acceptors (Lipinski definition) is 9. The monoisotopic (exact) mass is 511 g/mol. The second-order valence-electron chi connectivity index (χ2n) is 9.15. The van der Waals surface area contributed by atoms with Crippen LogP contribution in [0.2, 0.25) is 5.15 Å². The van der Waals surface area contributed by atoms with Crippen molar-refractivity contribution >= 4 is 34.6 Å². The number of nitrogens with one attached hydrogen (secondary N) is 2. The number of anilines is 1. The molecule has 4 heterocycles. The molecule has 0 unspecified atom stereocenters. The predicted octanol–water partition coefficient (Wildman–Crippen LogP) is 4.64. The number of H-pyrrole nitrogens is 1. The van der Waals surface area contributed by atoms with Crippen molar-refractivity contribution in [3.8, 4) is 22.8 Å². The van der Waals surface area contributed by atoms with Gasteiger partial charge in [-0.2, -0.15) is 0 Å². The third-order valence-electron chi connectivity index (χ3n) is 7.20. The van der Waals surface area contributed by atoms with Gasteiger partial charge in [0.2, 0.25) is 0 Å². The van der Waals surface area contributed by atoms with Gasteiger partial charge in [-0.25, -0.2) is 24.3 Å². The fourth-order valence-corrected chi connectivity index (χ4v) is 5.73. The SMILES string of the molecule is CCOC(=O)[C@@H]1C2CCC(CC2)[C@H]1Nc1nc(-c2c[nH]c3ncc(Cl)nc23)nc(-c2ccno2)c1F. The maximum Gasteiger partial charge on any atom is 0.311 e. The fraction of sp³-hybridized carbons (Fsp3) is 0.417. The Morgan fingerprint density at radius 1 is 1.25 bits per heavy atom. The molecule has 3 aliphatic carbocycles. The number of aromatic nitrogens is 6. The first kappa shape index (κ1) is 22.8. The minimum Gasteiger partial charge on any atom is -0.466 e. The lowest BCUT2D eigenvalue weighted by molar-refractivity contribution is -0.154. The normalized spacial score (nSPS) is 23.2. The minimum atomic E-state index is -0.691. The summed E-state index contributed by atoms with van der Waals surface area (Å²) in [5.41, 5.74) is 1.38. The van der Waals surface area contributed by atoms with Crippen LogP contribution in [0.3, 0.4) is 0 Å². The van der Waals surface area contributed by atoms with Crippen LogP contribution < -0.4 is 5.32 Å². The van der Waals surface area contributed by atoms with E-state index in [2.05, 4.69) is 35.4 Å². The molecule has 3 saturated carbocycles. The number of rotatable bonds is 6. The highest BCUT2D eigenvalue weighted by atomic mass is 35.5. The van der Waals surface area contributed by atoms with Crippen molar-refractivity contribution in [3.63, 3.8) is 0 Å². The molecule has 0 radical (unpaired) electrons. The number of esters is 1. The summed E-state index contributed by atoms with van der Waals surface area (Å²) < 4.78 is 26.5. The zero-order chi connectivity index (χ0) is 24.8. The molecule has 12 heteroatoms. The molecule has 0 aliphatic heterocycles. The van der Waals surface area contributed by atoms with E-state index < -0.39 is 5.82 Å². The maximum atomic E-state index is 15.9. The first-order chi connectivity index (χ1) is 17.5. The summed E-state index contributed by atoms with van der Waals surface area (Å²) >= 11 is 6.07. The number of aromatic amines is 1. The molecule has 3 aliphatic rings. The fourth-order valence-electron chi connectivity index (χ4n) is 5.60. The minimum absolute atomic E-state index is 0.0254. The second kappa shape index (κ2) is 9.12. The number of nitrogens with zero attached hydrogens (tertiary/aromatic N) is 5. The van der Waals surface area contributed by atoms with Crippen LogP contribution in [-0.4, -0.2) is 48.7 Å². The third kappa shape index (κ3) is 3.87. The van der Waals surface area contributed by atoms with Crippen LogP contribution in [0.4, 0.5) is 10.2 Å². The first-order valence-corrected chi connectivity index (χ1v) is 12.3. The van der Waals surface area contributed by atoms with E-state index in [1.54, 1.807) is 13.1 Å². The van der Waals surface area contributed by atoms with E-state index in [-0.39, 0.29) is 58.0 Å². The highest BCUT2D eigenvalue weighted by molar-refractivity contribution is 6.29. The van der Waals surface area contributed by atoms with Crippen LogP contribution in [0.1, 0.15) is 32.6 Å². The summed E-state index contributed by atoms with van der Waals surface area (Å²) in [5, 5.41) is 7.17. The molecule has 0 saturated heterocycles. The zero-order valence-electron chi connectivity index (χ0n) is 19.4. The molecule has 3 fully saturated rings. The van der Waals surface area contributed by atoms with Gasteiger partial charge in [0.1, 0.15) is 10.7 Å². The van der Waals surface area contributed by atoms with Crippen molar-refractivity contribution in [2.45, 2.75) is 38.6 Å². The predicted molar refractivity (Wildman–Crippen MR) is 128 cm³/mol. The van der Waals surface area contributed by atoms with Crippen molar-refractivity contribution in [1.82, 2.24) is 30.1 Å². The molecule has 36 heavy (non-hydrogen) atoms. The summed E-state index contributed by atoms with van der Waals surface area (Å²) in [6.07, 6.45) is 8.33. The van der Waals surface area contributed by atoms with E-state index in [4.69, 9.17) is 20.9 Å². The van der Waals surface area contributed by atoms with Crippen LogP contribution >= 0.6 is 11.6 Å². The molecular formula is C24H23ClFN7O3. The molecule has 0 aromatic carbocycles. The van der Waals surface area contributed by atoms with Gasteiger partial charge in [-0.1, -0.05) is 16.8 Å². The lowest BCUT2D eigenvalue weighted by Crippen LogP contribution is -2.52. The van der Waals surface area contributed by atoms with Gasteiger partial charge in [0, 0.05) is 18.3 Å². The number of hydrogen-bond donors (Lipinski definition) is 2. The van der Waals surface area contributed by atoms with Crippen molar-refractivity contribution in [3.05, 3.63) is 35.6 Å². The van der Waals surface area contributed by atoms with Gasteiger partial charge in [0.05, 0.1) is 30.5 Å². The maximum absolute atomic E-state index is 15.9. The molecule has 4 aromatic heterocycles. The molecule has 0 amide bonds. The smallest absolute Gasteiger partial charge is 0.311 e. The number of carbonyl (C=O) groups excluding carboxylic acids is 1. The average Bonchev–Trinajstić information content (AvgIpc) is 3.56. The molecule has 2 bridgehead atoms. The van der Waals surface area contributed by atoms with E-state index in [9.17, 15) is 4.79 Å². The summed E-state index contributed by atoms with van der Waals surface area (Å²) in [5.74, 6) is -0.606. The van der Waals surface area contributed by atoms with E-state index in [1.165, 1.54) is 18.5 Å². The van der Waals surface area contributed by atoms with Gasteiger partial charge in [0.15, 0.2) is 34.6 Å². The average molecular weight is 512 g/mol. The van der Waals surface area contributed by atoms with Gasteiger partial charge in [-0.05, 0) is 44.4 Å². The number of ether oxygens (including phenoxy) is 1. The van der Waals surface area contributed by atoms with Crippen LogP contribution in [0, 0.1) is 23.6 Å². The van der Waals surface area contributed by atoms with E-state index in [0.29, 0.717) is 23.3 Å². The van der Waals surface area contributed by atoms with Crippen molar-refractivity contribution in [2.75, 3.05) is 11.9 Å².